The first-order valence-electron chi connectivity index (χ1n) is 5.44. The van der Waals surface area contributed by atoms with Crippen molar-refractivity contribution in [3.63, 3.8) is 0 Å². The Morgan fingerprint density at radius 2 is 2.11 bits per heavy atom. The lowest BCUT2D eigenvalue weighted by Crippen LogP contribution is -2.39. The normalized spacial score (nSPS) is 11.3. The SMILES string of the molecule is CNC(C)CNC(=O)COc1ccccc1Cl.Cl. The van der Waals surface area contributed by atoms with E-state index in [4.69, 9.17) is 16.3 Å². The lowest BCUT2D eigenvalue weighted by Gasteiger charge is -2.12. The summed E-state index contributed by atoms with van der Waals surface area (Å²) >= 11 is 5.89. The Balaban J connectivity index is 0.00000289. The fraction of sp³-hybridized carbons (Fsp3) is 0.417. The second-order valence-electron chi connectivity index (χ2n) is 3.71. The number of para-hydroxylation sites is 1. The van der Waals surface area contributed by atoms with Crippen LogP contribution in [0.1, 0.15) is 6.92 Å². The monoisotopic (exact) mass is 292 g/mol. The van der Waals surface area contributed by atoms with Crippen LogP contribution in [0.4, 0.5) is 0 Å². The molecule has 0 heterocycles. The molecule has 0 saturated heterocycles. The van der Waals surface area contributed by atoms with E-state index in [1.165, 1.54) is 0 Å². The smallest absolute Gasteiger partial charge is 0.257 e. The van der Waals surface area contributed by atoms with Crippen LogP contribution in [-0.2, 0) is 4.79 Å². The summed E-state index contributed by atoms with van der Waals surface area (Å²) in [7, 11) is 1.84. The zero-order valence-electron chi connectivity index (χ0n) is 10.4. The molecule has 0 radical (unpaired) electrons. The van der Waals surface area contributed by atoms with Crippen molar-refractivity contribution in [2.45, 2.75) is 13.0 Å². The summed E-state index contributed by atoms with van der Waals surface area (Å²) in [5.74, 6) is 0.359. The van der Waals surface area contributed by atoms with Gasteiger partial charge in [0, 0.05) is 12.6 Å². The summed E-state index contributed by atoms with van der Waals surface area (Å²) in [5, 5.41) is 6.28. The van der Waals surface area contributed by atoms with Gasteiger partial charge in [0.05, 0.1) is 5.02 Å². The van der Waals surface area contributed by atoms with E-state index >= 15 is 0 Å². The third-order valence-corrected chi connectivity index (χ3v) is 2.61. The quantitative estimate of drug-likeness (QED) is 0.842. The standard InChI is InChI=1S/C12H17ClN2O2.ClH/c1-9(14-2)7-15-12(16)8-17-11-6-4-3-5-10(11)13;/h3-6,9,14H,7-8H2,1-2H3,(H,15,16);1H. The molecule has 4 nitrogen and oxygen atoms in total. The highest BCUT2D eigenvalue weighted by Gasteiger charge is 2.06. The van der Waals surface area contributed by atoms with Gasteiger partial charge in [-0.2, -0.15) is 0 Å². The molecule has 0 saturated carbocycles. The highest BCUT2D eigenvalue weighted by Crippen LogP contribution is 2.22. The fourth-order valence-corrected chi connectivity index (χ4v) is 1.32. The zero-order chi connectivity index (χ0) is 12.7. The molecule has 1 unspecified atom stereocenters. The third kappa shape index (κ3) is 6.10. The number of halogens is 2. The lowest BCUT2D eigenvalue weighted by atomic mass is 10.3. The second kappa shape index (κ2) is 9.03. The van der Waals surface area contributed by atoms with Gasteiger partial charge in [-0.3, -0.25) is 4.79 Å². The first kappa shape index (κ1) is 17.0. The average Bonchev–Trinajstić information content (AvgIpc) is 2.35. The van der Waals surface area contributed by atoms with Crippen molar-refractivity contribution in [2.24, 2.45) is 0 Å². The fourth-order valence-electron chi connectivity index (χ4n) is 1.13. The predicted molar refractivity (Wildman–Crippen MR) is 75.7 cm³/mol. The molecule has 1 aromatic rings. The molecule has 0 bridgehead atoms. The van der Waals surface area contributed by atoms with Gasteiger partial charge in [0.25, 0.3) is 5.91 Å². The van der Waals surface area contributed by atoms with Gasteiger partial charge in [-0.05, 0) is 26.1 Å². The van der Waals surface area contributed by atoms with Gasteiger partial charge in [0.1, 0.15) is 5.75 Å². The van der Waals surface area contributed by atoms with Gasteiger partial charge in [0.2, 0.25) is 0 Å². The molecule has 0 aliphatic rings. The van der Waals surface area contributed by atoms with Crippen molar-refractivity contribution in [2.75, 3.05) is 20.2 Å². The van der Waals surface area contributed by atoms with Crippen LogP contribution in [0, 0.1) is 0 Å². The minimum absolute atomic E-state index is 0. The predicted octanol–water partition coefficient (Wildman–Crippen LogP) is 1.86. The highest BCUT2D eigenvalue weighted by atomic mass is 35.5. The summed E-state index contributed by atoms with van der Waals surface area (Å²) in [6.45, 7) is 2.52. The molecule has 0 aromatic heterocycles. The van der Waals surface area contributed by atoms with Gasteiger partial charge >= 0.3 is 0 Å². The van der Waals surface area contributed by atoms with E-state index in [-0.39, 0.29) is 31.0 Å². The van der Waals surface area contributed by atoms with Gasteiger partial charge in [-0.15, -0.1) is 12.4 Å². The Labute approximate surface area is 118 Å². The second-order valence-corrected chi connectivity index (χ2v) is 4.12. The molecule has 1 atom stereocenters. The number of hydrogen-bond donors (Lipinski definition) is 2. The van der Waals surface area contributed by atoms with Crippen LogP contribution in [0.3, 0.4) is 0 Å². The minimum atomic E-state index is -0.160. The number of rotatable bonds is 6. The van der Waals surface area contributed by atoms with Crippen molar-refractivity contribution in [1.82, 2.24) is 10.6 Å². The van der Waals surface area contributed by atoms with E-state index in [2.05, 4.69) is 10.6 Å². The van der Waals surface area contributed by atoms with Gasteiger partial charge in [-0.1, -0.05) is 23.7 Å². The molecule has 2 N–H and O–H groups in total. The summed E-state index contributed by atoms with van der Waals surface area (Å²) in [5.41, 5.74) is 0. The van der Waals surface area contributed by atoms with E-state index in [0.29, 0.717) is 17.3 Å². The van der Waals surface area contributed by atoms with E-state index in [1.807, 2.05) is 26.1 Å². The van der Waals surface area contributed by atoms with Crippen LogP contribution in [0.2, 0.25) is 5.02 Å². The molecule has 0 spiro atoms. The summed E-state index contributed by atoms with van der Waals surface area (Å²) in [4.78, 5) is 11.4. The molecule has 1 aromatic carbocycles. The van der Waals surface area contributed by atoms with Gasteiger partial charge in [-0.25, -0.2) is 0 Å². The largest absolute Gasteiger partial charge is 0.482 e. The van der Waals surface area contributed by atoms with Crippen molar-refractivity contribution >= 4 is 29.9 Å². The zero-order valence-corrected chi connectivity index (χ0v) is 12.0. The van der Waals surface area contributed by atoms with E-state index in [1.54, 1.807) is 12.1 Å². The summed E-state index contributed by atoms with van der Waals surface area (Å²) in [6.07, 6.45) is 0. The molecule has 1 amide bonds. The number of ether oxygens (including phenoxy) is 1. The van der Waals surface area contributed by atoms with E-state index in [9.17, 15) is 4.79 Å². The molecular weight excluding hydrogens is 275 g/mol. The molecule has 102 valence electrons. The summed E-state index contributed by atoms with van der Waals surface area (Å²) < 4.78 is 5.30. The first-order chi connectivity index (χ1) is 8.13. The topological polar surface area (TPSA) is 50.4 Å². The maximum Gasteiger partial charge on any atom is 0.257 e. The van der Waals surface area contributed by atoms with Gasteiger partial charge in [0.15, 0.2) is 6.61 Å². The van der Waals surface area contributed by atoms with Crippen molar-refractivity contribution in [3.8, 4) is 5.75 Å². The average molecular weight is 293 g/mol. The highest BCUT2D eigenvalue weighted by molar-refractivity contribution is 6.32. The molecule has 0 aliphatic carbocycles. The van der Waals surface area contributed by atoms with Crippen LogP contribution in [0.25, 0.3) is 0 Å². The van der Waals surface area contributed by atoms with Crippen molar-refractivity contribution < 1.29 is 9.53 Å². The van der Waals surface area contributed by atoms with Crippen LogP contribution < -0.4 is 15.4 Å². The number of likely N-dealkylation sites (N-methyl/N-ethyl adjacent to an activating group) is 1. The lowest BCUT2D eigenvalue weighted by molar-refractivity contribution is -0.123. The Morgan fingerprint density at radius 3 is 2.72 bits per heavy atom. The van der Waals surface area contributed by atoms with Crippen molar-refractivity contribution in [1.29, 1.82) is 0 Å². The van der Waals surface area contributed by atoms with Crippen LogP contribution in [-0.4, -0.2) is 32.1 Å². The van der Waals surface area contributed by atoms with Crippen LogP contribution in [0.15, 0.2) is 24.3 Å². The number of hydrogen-bond acceptors (Lipinski definition) is 3. The number of carbonyl (C=O) groups is 1. The first-order valence-corrected chi connectivity index (χ1v) is 5.82. The maximum absolute atomic E-state index is 11.4. The molecule has 18 heavy (non-hydrogen) atoms. The maximum atomic E-state index is 11.4. The Hall–Kier alpha value is -0.970. The molecule has 6 heteroatoms. The Kier molecular flexibility index (Phi) is 8.54. The number of carbonyl (C=O) groups excluding carboxylic acids is 1. The molecule has 1 rings (SSSR count). The minimum Gasteiger partial charge on any atom is -0.482 e. The van der Waals surface area contributed by atoms with Crippen LogP contribution >= 0.6 is 24.0 Å². The van der Waals surface area contributed by atoms with E-state index < -0.39 is 0 Å². The van der Waals surface area contributed by atoms with Crippen LogP contribution in [0.5, 0.6) is 5.75 Å². The number of nitrogens with one attached hydrogen (secondary N) is 2. The number of amides is 1. The summed E-state index contributed by atoms with van der Waals surface area (Å²) in [6, 6.07) is 7.30. The third-order valence-electron chi connectivity index (χ3n) is 2.29. The Bertz CT molecular complexity index is 375. The number of benzene rings is 1. The van der Waals surface area contributed by atoms with Crippen molar-refractivity contribution in [3.05, 3.63) is 29.3 Å². The molecule has 0 fully saturated rings. The Morgan fingerprint density at radius 1 is 1.44 bits per heavy atom. The van der Waals surface area contributed by atoms with E-state index in [0.717, 1.165) is 0 Å². The molecule has 0 aliphatic heterocycles. The van der Waals surface area contributed by atoms with Gasteiger partial charge < -0.3 is 15.4 Å². The molecular formula is C12H18Cl2N2O2.